The maximum absolute atomic E-state index is 9.51. The molecule has 0 saturated heterocycles. The summed E-state index contributed by atoms with van der Waals surface area (Å²) in [6.45, 7) is 0. The van der Waals surface area contributed by atoms with Crippen LogP contribution in [0.25, 0.3) is 0 Å². The molecule has 0 aliphatic heterocycles. The largest absolute Gasteiger partial charge is 3.00 e. The van der Waals surface area contributed by atoms with Crippen LogP contribution < -0.4 is 37.2 Å². The average Bonchev–Trinajstić information content (AvgIpc) is 0.722. The van der Waals surface area contributed by atoms with Crippen molar-refractivity contribution < 1.29 is 63.5 Å². The Labute approximate surface area is 101 Å². The summed E-state index contributed by atoms with van der Waals surface area (Å²) in [7, 11) is 0. The van der Waals surface area contributed by atoms with Crippen LogP contribution in [0.5, 0.6) is 0 Å². The quantitative estimate of drug-likeness (QED) is 0.322. The summed E-state index contributed by atoms with van der Waals surface area (Å²) >= 11 is 13.8. The second-order valence-corrected chi connectivity index (χ2v) is 7.04. The normalized spacial score (nSPS) is 6.56. The summed E-state index contributed by atoms with van der Waals surface area (Å²) in [5.74, 6) is 0. The first kappa shape index (κ1) is 29.9. The molecule has 0 aliphatic carbocycles. The molecule has 0 bridgehead atoms. The first-order valence-electron chi connectivity index (χ1n) is 0.690. The minimum atomic E-state index is -3.22. The van der Waals surface area contributed by atoms with Crippen molar-refractivity contribution >= 4 is 38.9 Å². The van der Waals surface area contributed by atoms with Crippen LogP contribution in [0, 0.1) is 0 Å². The summed E-state index contributed by atoms with van der Waals surface area (Å²) in [6, 6.07) is 0. The first-order chi connectivity index (χ1) is 2.00. The molecule has 0 saturated carbocycles. The SMILES string of the molecule is O=P(Cl)(Cl)Cl.[Cl-].[Cl-].[Cl-].[Ti+3]. The van der Waals surface area contributed by atoms with Gasteiger partial charge in [0.1, 0.15) is 0 Å². The summed E-state index contributed by atoms with van der Waals surface area (Å²) in [4.78, 5) is 0. The van der Waals surface area contributed by atoms with Crippen LogP contribution in [-0.4, -0.2) is 0 Å². The van der Waals surface area contributed by atoms with Gasteiger partial charge in [0.25, 0.3) is 0 Å². The molecule has 0 aromatic rings. The van der Waals surface area contributed by atoms with Gasteiger partial charge in [0.05, 0.1) is 0 Å². The molecule has 0 fully saturated rings. The zero-order chi connectivity index (χ0) is 4.50. The molecule has 0 atom stereocenters. The zero-order valence-electron chi connectivity index (χ0n) is 3.62. The van der Waals surface area contributed by atoms with E-state index in [1.54, 1.807) is 0 Å². The molecule has 0 spiro atoms. The molecular weight excluding hydrogens is 308 g/mol. The third kappa shape index (κ3) is 112. The third-order valence-corrected chi connectivity index (χ3v) is 0. The van der Waals surface area contributed by atoms with E-state index in [4.69, 9.17) is 0 Å². The third-order valence-electron chi connectivity index (χ3n) is 0. The van der Waals surface area contributed by atoms with Crippen LogP contribution >= 0.6 is 38.9 Å². The number of hydrogen-bond acceptors (Lipinski definition) is 1. The van der Waals surface area contributed by atoms with Crippen molar-refractivity contribution in [2.45, 2.75) is 0 Å². The monoisotopic (exact) mass is 305 g/mol. The Morgan fingerprint density at radius 3 is 0.889 bits per heavy atom. The van der Waals surface area contributed by atoms with Gasteiger partial charge in [-0.25, -0.2) is 0 Å². The minimum Gasteiger partial charge on any atom is -1.00 e. The van der Waals surface area contributed by atoms with Crippen LogP contribution in [0.15, 0.2) is 0 Å². The molecule has 0 N–H and O–H groups in total. The Morgan fingerprint density at radius 2 is 0.889 bits per heavy atom. The molecule has 1 nitrogen and oxygen atoms in total. The van der Waals surface area contributed by atoms with Gasteiger partial charge in [-0.05, 0) is 33.7 Å². The summed E-state index contributed by atoms with van der Waals surface area (Å²) in [5.41, 5.74) is 0. The Balaban J connectivity index is -0.0000000133. The smallest absolute Gasteiger partial charge is 1.00 e. The molecular formula is Cl6OPTi. The van der Waals surface area contributed by atoms with Crippen molar-refractivity contribution in [2.75, 3.05) is 0 Å². The van der Waals surface area contributed by atoms with Crippen LogP contribution in [-0.2, 0) is 26.3 Å². The van der Waals surface area contributed by atoms with Gasteiger partial charge < -0.3 is 37.2 Å². The van der Waals surface area contributed by atoms with Gasteiger partial charge in [-0.1, -0.05) is 0 Å². The predicted octanol–water partition coefficient (Wildman–Crippen LogP) is -6.18. The van der Waals surface area contributed by atoms with Gasteiger partial charge in [-0.15, -0.1) is 0 Å². The van der Waals surface area contributed by atoms with Gasteiger partial charge in [-0.2, -0.15) is 0 Å². The van der Waals surface area contributed by atoms with E-state index in [1.807, 2.05) is 0 Å². The van der Waals surface area contributed by atoms with E-state index in [9.17, 15) is 4.57 Å². The van der Waals surface area contributed by atoms with E-state index < -0.39 is 5.20 Å². The van der Waals surface area contributed by atoms with Gasteiger partial charge >= 0.3 is 26.9 Å². The molecule has 0 unspecified atom stereocenters. The Hall–Kier alpha value is 2.68. The fourth-order valence-electron chi connectivity index (χ4n) is 0. The van der Waals surface area contributed by atoms with Gasteiger partial charge in [0.2, 0.25) is 0 Å². The van der Waals surface area contributed by atoms with E-state index in [2.05, 4.69) is 33.7 Å². The zero-order valence-corrected chi connectivity index (χ0v) is 10.6. The van der Waals surface area contributed by atoms with E-state index in [1.165, 1.54) is 0 Å². The number of halogens is 6. The Morgan fingerprint density at radius 1 is 0.889 bits per heavy atom. The molecule has 9 heavy (non-hydrogen) atoms. The molecule has 57 valence electrons. The molecule has 0 aliphatic rings. The van der Waals surface area contributed by atoms with Gasteiger partial charge in [0.15, 0.2) is 0 Å². The van der Waals surface area contributed by atoms with Crippen molar-refractivity contribution in [1.29, 1.82) is 0 Å². The van der Waals surface area contributed by atoms with Crippen LogP contribution in [0.1, 0.15) is 0 Å². The molecule has 0 heterocycles. The maximum atomic E-state index is 9.51. The number of rotatable bonds is 0. The average molecular weight is 308 g/mol. The molecule has 0 aromatic heterocycles. The van der Waals surface area contributed by atoms with E-state index in [0.717, 1.165) is 0 Å². The van der Waals surface area contributed by atoms with Crippen LogP contribution in [0.3, 0.4) is 0 Å². The first-order valence-corrected chi connectivity index (χ1v) is 5.11. The van der Waals surface area contributed by atoms with Crippen LogP contribution in [0.2, 0.25) is 0 Å². The second-order valence-electron chi connectivity index (χ2n) is 0.399. The molecule has 1 radical (unpaired) electrons. The van der Waals surface area contributed by atoms with Crippen molar-refractivity contribution in [3.63, 3.8) is 0 Å². The van der Waals surface area contributed by atoms with Crippen molar-refractivity contribution in [3.05, 3.63) is 0 Å². The fourth-order valence-corrected chi connectivity index (χ4v) is 0. The molecule has 9 heteroatoms. The molecule has 0 amide bonds. The summed E-state index contributed by atoms with van der Waals surface area (Å²) in [6.07, 6.45) is 0. The van der Waals surface area contributed by atoms with Crippen LogP contribution in [0.4, 0.5) is 0 Å². The molecule has 0 rings (SSSR count). The minimum absolute atomic E-state index is 0. The van der Waals surface area contributed by atoms with Crippen molar-refractivity contribution in [2.24, 2.45) is 0 Å². The standard InChI is InChI=1S/Cl3OP.3ClH.Ti/c1-5(2,3)4;;;;/h;3*1H;/q;;;;+3/p-3. The predicted molar refractivity (Wildman–Crippen MR) is 25.2 cm³/mol. The van der Waals surface area contributed by atoms with E-state index >= 15 is 0 Å². The Bertz CT molecular complexity index is 59.2. The Kier molecular flexibility index (Phi) is 44.1. The summed E-state index contributed by atoms with van der Waals surface area (Å²) < 4.78 is 9.51. The second kappa shape index (κ2) is 13.3. The summed E-state index contributed by atoms with van der Waals surface area (Å²) in [5, 5.41) is -3.22. The van der Waals surface area contributed by atoms with Crippen molar-refractivity contribution in [3.8, 4) is 0 Å². The van der Waals surface area contributed by atoms with Gasteiger partial charge in [0, 0.05) is 0 Å². The van der Waals surface area contributed by atoms with E-state index in [0.29, 0.717) is 0 Å². The molecule has 0 aromatic carbocycles. The van der Waals surface area contributed by atoms with E-state index in [-0.39, 0.29) is 58.9 Å². The maximum Gasteiger partial charge on any atom is 3.00 e. The fraction of sp³-hybridized carbons (Fsp3) is 0. The topological polar surface area (TPSA) is 17.1 Å². The van der Waals surface area contributed by atoms with Gasteiger partial charge in [-0.3, -0.25) is 4.57 Å². The van der Waals surface area contributed by atoms with Crippen molar-refractivity contribution in [1.82, 2.24) is 0 Å². The number of hydrogen-bond donors (Lipinski definition) is 0.